The Morgan fingerprint density at radius 3 is 1.05 bits per heavy atom. The smallest absolute Gasteiger partial charge is 0.306 e. The fourth-order valence-electron chi connectivity index (χ4n) is 7.26. The van der Waals surface area contributed by atoms with E-state index < -0.39 is 6.10 Å². The van der Waals surface area contributed by atoms with Gasteiger partial charge in [-0.2, -0.15) is 0 Å². The second-order valence-electron chi connectivity index (χ2n) is 17.1. The molecule has 1 atom stereocenters. The predicted molar refractivity (Wildman–Crippen MR) is 256 cm³/mol. The molecule has 0 aromatic heterocycles. The third kappa shape index (κ3) is 46.4. The number of hydrogen-bond acceptors (Lipinski definition) is 6. The normalized spacial score (nSPS) is 12.4. The molecule has 0 spiro atoms. The highest BCUT2D eigenvalue weighted by Gasteiger charge is 2.19. The van der Waals surface area contributed by atoms with Crippen LogP contribution in [0.3, 0.4) is 0 Å². The van der Waals surface area contributed by atoms with E-state index >= 15 is 0 Å². The third-order valence-electron chi connectivity index (χ3n) is 11.1. The summed E-state index contributed by atoms with van der Waals surface area (Å²) in [5.41, 5.74) is 0. The first kappa shape index (κ1) is 57.4. The first-order valence-electron chi connectivity index (χ1n) is 25.7. The van der Waals surface area contributed by atoms with E-state index in [0.717, 1.165) is 77.0 Å². The SMILES string of the molecule is CC\C=C/C=C\C=C/CCCCCCCCCC(=O)OC(COC(=O)CCCCCCC/C=C\CCCCCCCCCCC)COC(=O)CCCCCCCCCCC. The maximum absolute atomic E-state index is 12.8. The van der Waals surface area contributed by atoms with E-state index in [1.807, 2.05) is 0 Å². The topological polar surface area (TPSA) is 78.9 Å². The molecule has 6 heteroatoms. The fourth-order valence-corrected chi connectivity index (χ4v) is 7.26. The average Bonchev–Trinajstić information content (AvgIpc) is 3.24. The lowest BCUT2D eigenvalue weighted by molar-refractivity contribution is -0.167. The summed E-state index contributed by atoms with van der Waals surface area (Å²) in [4.78, 5) is 37.9. The summed E-state index contributed by atoms with van der Waals surface area (Å²) in [5, 5.41) is 0. The Balaban J connectivity index is 4.32. The third-order valence-corrected chi connectivity index (χ3v) is 11.1. The Morgan fingerprint density at radius 1 is 0.350 bits per heavy atom. The molecule has 6 nitrogen and oxygen atoms in total. The zero-order valence-corrected chi connectivity index (χ0v) is 39.7. The molecule has 0 amide bonds. The van der Waals surface area contributed by atoms with E-state index in [0.29, 0.717) is 19.3 Å². The molecule has 0 radical (unpaired) electrons. The van der Waals surface area contributed by atoms with Crippen molar-refractivity contribution in [3.63, 3.8) is 0 Å². The van der Waals surface area contributed by atoms with Gasteiger partial charge in [0.15, 0.2) is 6.10 Å². The van der Waals surface area contributed by atoms with Crippen LogP contribution >= 0.6 is 0 Å². The van der Waals surface area contributed by atoms with E-state index in [-0.39, 0.29) is 31.1 Å². The lowest BCUT2D eigenvalue weighted by Crippen LogP contribution is -2.30. The van der Waals surface area contributed by atoms with E-state index in [2.05, 4.69) is 69.4 Å². The molecule has 0 aliphatic heterocycles. The van der Waals surface area contributed by atoms with Crippen molar-refractivity contribution in [3.8, 4) is 0 Å². The molecule has 0 bridgehead atoms. The number of esters is 3. The van der Waals surface area contributed by atoms with Crippen LogP contribution in [0.2, 0.25) is 0 Å². The number of rotatable bonds is 46. The molecular formula is C54H96O6. The number of ether oxygens (including phenoxy) is 3. The minimum absolute atomic E-state index is 0.0791. The molecule has 1 unspecified atom stereocenters. The second kappa shape index (κ2) is 49.0. The van der Waals surface area contributed by atoms with Crippen LogP contribution in [-0.4, -0.2) is 37.2 Å². The van der Waals surface area contributed by atoms with Gasteiger partial charge >= 0.3 is 17.9 Å². The molecule has 0 saturated carbocycles. The van der Waals surface area contributed by atoms with Crippen molar-refractivity contribution in [1.29, 1.82) is 0 Å². The van der Waals surface area contributed by atoms with Gasteiger partial charge in [-0.1, -0.05) is 223 Å². The maximum Gasteiger partial charge on any atom is 0.306 e. The number of carbonyl (C=O) groups is 3. The van der Waals surface area contributed by atoms with Crippen LogP contribution in [0.5, 0.6) is 0 Å². The van der Waals surface area contributed by atoms with Crippen molar-refractivity contribution in [1.82, 2.24) is 0 Å². The lowest BCUT2D eigenvalue weighted by atomic mass is 10.1. The van der Waals surface area contributed by atoms with Gasteiger partial charge < -0.3 is 14.2 Å². The minimum atomic E-state index is -0.778. The first-order chi connectivity index (χ1) is 29.5. The number of allylic oxidation sites excluding steroid dienone is 8. The molecule has 0 rings (SSSR count). The predicted octanol–water partition coefficient (Wildman–Crippen LogP) is 16.7. The van der Waals surface area contributed by atoms with Crippen LogP contribution in [-0.2, 0) is 28.6 Å². The van der Waals surface area contributed by atoms with Crippen molar-refractivity contribution in [3.05, 3.63) is 48.6 Å². The molecule has 60 heavy (non-hydrogen) atoms. The molecule has 0 aromatic carbocycles. The highest BCUT2D eigenvalue weighted by molar-refractivity contribution is 5.71. The number of unbranched alkanes of at least 4 members (excludes halogenated alkanes) is 29. The van der Waals surface area contributed by atoms with Gasteiger partial charge in [0.1, 0.15) is 13.2 Å². The molecule has 0 heterocycles. The maximum atomic E-state index is 12.8. The van der Waals surface area contributed by atoms with Gasteiger partial charge in [0.05, 0.1) is 0 Å². The van der Waals surface area contributed by atoms with Gasteiger partial charge in [-0.05, 0) is 64.2 Å². The first-order valence-corrected chi connectivity index (χ1v) is 25.7. The summed E-state index contributed by atoms with van der Waals surface area (Å²) in [6, 6.07) is 0. The zero-order valence-electron chi connectivity index (χ0n) is 39.7. The largest absolute Gasteiger partial charge is 0.462 e. The van der Waals surface area contributed by atoms with Crippen molar-refractivity contribution < 1.29 is 28.6 Å². The van der Waals surface area contributed by atoms with Crippen molar-refractivity contribution in [2.24, 2.45) is 0 Å². The summed E-state index contributed by atoms with van der Waals surface area (Å²) >= 11 is 0. The molecular weight excluding hydrogens is 745 g/mol. The number of carbonyl (C=O) groups excluding carboxylic acids is 3. The zero-order chi connectivity index (χ0) is 43.7. The lowest BCUT2D eigenvalue weighted by Gasteiger charge is -2.18. The van der Waals surface area contributed by atoms with Gasteiger partial charge in [-0.3, -0.25) is 14.4 Å². The Morgan fingerprint density at radius 2 is 0.667 bits per heavy atom. The van der Waals surface area contributed by atoms with Gasteiger partial charge in [-0.15, -0.1) is 0 Å². The van der Waals surface area contributed by atoms with Crippen LogP contribution in [0.25, 0.3) is 0 Å². The Hall–Kier alpha value is -2.63. The Labute approximate surface area is 371 Å². The summed E-state index contributed by atoms with van der Waals surface area (Å²) < 4.78 is 16.8. The van der Waals surface area contributed by atoms with Gasteiger partial charge in [-0.25, -0.2) is 0 Å². The summed E-state index contributed by atoms with van der Waals surface area (Å²) in [5.74, 6) is -0.896. The highest BCUT2D eigenvalue weighted by atomic mass is 16.6. The standard InChI is InChI=1S/C54H96O6/c1-4-7-10-13-16-19-21-23-25-26-27-29-30-32-35-38-41-44-47-53(56)59-50-51(49-58-52(55)46-43-40-37-34-18-15-12-9-6-3)60-54(57)48-45-42-39-36-33-31-28-24-22-20-17-14-11-8-5-2/h8,11,14,17,20,22,27,29,51H,4-7,9-10,12-13,15-16,18-19,21,23-26,28,30-50H2,1-3H3/b11-8-,17-14-,22-20-,29-27-. The summed E-state index contributed by atoms with van der Waals surface area (Å²) in [6.45, 7) is 6.48. The van der Waals surface area contributed by atoms with Crippen molar-refractivity contribution in [2.45, 2.75) is 264 Å². The van der Waals surface area contributed by atoms with E-state index in [9.17, 15) is 14.4 Å². The van der Waals surface area contributed by atoms with E-state index in [1.165, 1.54) is 141 Å². The quantitative estimate of drug-likeness (QED) is 0.0200. The van der Waals surface area contributed by atoms with Crippen LogP contribution in [0.4, 0.5) is 0 Å². The highest BCUT2D eigenvalue weighted by Crippen LogP contribution is 2.15. The molecule has 0 N–H and O–H groups in total. The second-order valence-corrected chi connectivity index (χ2v) is 17.1. The van der Waals surface area contributed by atoms with E-state index in [1.54, 1.807) is 0 Å². The fraction of sp³-hybridized carbons (Fsp3) is 0.796. The van der Waals surface area contributed by atoms with Crippen molar-refractivity contribution in [2.75, 3.05) is 13.2 Å². The monoisotopic (exact) mass is 841 g/mol. The van der Waals surface area contributed by atoms with Crippen LogP contribution in [0.1, 0.15) is 258 Å². The van der Waals surface area contributed by atoms with Gasteiger partial charge in [0.25, 0.3) is 0 Å². The summed E-state index contributed by atoms with van der Waals surface area (Å²) in [7, 11) is 0. The number of hydrogen-bond donors (Lipinski definition) is 0. The molecule has 0 fully saturated rings. The molecule has 0 aromatic rings. The van der Waals surface area contributed by atoms with Gasteiger partial charge in [0.2, 0.25) is 0 Å². The minimum Gasteiger partial charge on any atom is -0.462 e. The van der Waals surface area contributed by atoms with Crippen LogP contribution < -0.4 is 0 Å². The molecule has 348 valence electrons. The Bertz CT molecular complexity index is 1060. The van der Waals surface area contributed by atoms with Crippen LogP contribution in [0, 0.1) is 0 Å². The summed E-state index contributed by atoms with van der Waals surface area (Å²) in [6.07, 6.45) is 58.1. The van der Waals surface area contributed by atoms with Crippen LogP contribution in [0.15, 0.2) is 48.6 Å². The van der Waals surface area contributed by atoms with E-state index in [4.69, 9.17) is 14.2 Å². The molecule has 0 aliphatic carbocycles. The van der Waals surface area contributed by atoms with Crippen molar-refractivity contribution >= 4 is 17.9 Å². The average molecular weight is 841 g/mol. The Kier molecular flexibility index (Phi) is 46.9. The molecule has 0 aliphatic rings. The van der Waals surface area contributed by atoms with Gasteiger partial charge in [0, 0.05) is 19.3 Å². The molecule has 0 saturated heterocycles.